The van der Waals surface area contributed by atoms with E-state index in [9.17, 15) is 0 Å². The van der Waals surface area contributed by atoms with E-state index >= 15 is 0 Å². The second-order valence-corrected chi connectivity index (χ2v) is 16.1. The average Bonchev–Trinajstić information content (AvgIpc) is 3.31. The number of aromatic nitrogens is 3. The zero-order chi connectivity index (χ0) is 38.4. The Bertz CT molecular complexity index is 2920. The molecule has 0 radical (unpaired) electrons. The largest absolute Gasteiger partial charge is 0.304 e. The third-order valence-corrected chi connectivity index (χ3v) is 12.7. The highest BCUT2D eigenvalue weighted by atomic mass is 14.9. The van der Waals surface area contributed by atoms with Crippen LogP contribution in [0.2, 0.25) is 0 Å². The molecule has 4 atom stereocenters. The number of nitrogens with zero attached hydrogens (tertiary/aromatic N) is 3. The molecule has 4 aliphatic carbocycles. The molecule has 280 valence electrons. The lowest BCUT2D eigenvalue weighted by atomic mass is 9.74. The number of rotatable bonds is 6. The highest BCUT2D eigenvalue weighted by Gasteiger charge is 2.29. The topological polar surface area (TPSA) is 50.7 Å². The predicted molar refractivity (Wildman–Crippen MR) is 239 cm³/mol. The van der Waals surface area contributed by atoms with E-state index in [0.29, 0.717) is 5.92 Å². The fraction of sp³-hybridized carbons (Fsp3) is 0.167. The monoisotopic (exact) mass is 748 g/mol. The average molecular weight is 749 g/mol. The molecule has 0 fully saturated rings. The zero-order valence-electron chi connectivity index (χ0n) is 32.4. The molecule has 4 heteroatoms. The molecule has 0 spiro atoms. The quantitative estimate of drug-likeness (QED) is 0.172. The standard InChI is InChI=1S/C54H44N4/c1-4-18-42-35(13-1)16-11-23-47(42)52-33-53(48-24-12-17-36-14-2-5-19-43(36)48)58-54(57-52)41-30-39(38-26-27-51(56-34-38)50-25-9-10-28-55-50)29-40(31-41)49-32-37-15-3-6-20-44(37)45-21-7-8-22-46(45)49/h1-4,6-16,18,20-26,28-33,36,46,49,51,56H,5,17,19,27,34H2. The highest BCUT2D eigenvalue weighted by molar-refractivity contribution is 5.96. The zero-order valence-corrected chi connectivity index (χ0v) is 32.4. The number of benzene rings is 4. The van der Waals surface area contributed by atoms with Crippen molar-refractivity contribution in [2.45, 2.75) is 37.6 Å². The van der Waals surface area contributed by atoms with E-state index in [1.54, 1.807) is 0 Å². The normalized spacial score (nSPS) is 21.9. The van der Waals surface area contributed by atoms with Gasteiger partial charge >= 0.3 is 0 Å². The molecule has 4 nitrogen and oxygen atoms in total. The van der Waals surface area contributed by atoms with E-state index in [2.05, 4.69) is 174 Å². The van der Waals surface area contributed by atoms with Crippen molar-refractivity contribution in [2.75, 3.05) is 6.54 Å². The summed E-state index contributed by atoms with van der Waals surface area (Å²) in [5, 5.41) is 8.82. The number of nitrogens with one attached hydrogen (secondary N) is 1. The Morgan fingerprint density at radius 1 is 0.690 bits per heavy atom. The van der Waals surface area contributed by atoms with Crippen molar-refractivity contribution in [1.82, 2.24) is 20.3 Å². The minimum atomic E-state index is 0.143. The smallest absolute Gasteiger partial charge is 0.160 e. The Kier molecular flexibility index (Phi) is 8.85. The molecule has 11 rings (SSSR count). The van der Waals surface area contributed by atoms with Gasteiger partial charge in [0.2, 0.25) is 0 Å². The molecule has 5 aliphatic rings. The minimum absolute atomic E-state index is 0.143. The molecule has 6 aromatic rings. The van der Waals surface area contributed by atoms with Crippen LogP contribution in [0.4, 0.5) is 0 Å². The molecule has 4 aromatic carbocycles. The van der Waals surface area contributed by atoms with Gasteiger partial charge < -0.3 is 5.32 Å². The minimum Gasteiger partial charge on any atom is -0.304 e. The third-order valence-electron chi connectivity index (χ3n) is 12.7. The van der Waals surface area contributed by atoms with Gasteiger partial charge in [0.1, 0.15) is 0 Å². The van der Waals surface area contributed by atoms with E-state index in [1.165, 1.54) is 54.6 Å². The van der Waals surface area contributed by atoms with Crippen molar-refractivity contribution >= 4 is 33.6 Å². The van der Waals surface area contributed by atoms with Crippen molar-refractivity contribution in [1.29, 1.82) is 0 Å². The van der Waals surface area contributed by atoms with Crippen LogP contribution < -0.4 is 15.8 Å². The number of hydrogen-bond donors (Lipinski definition) is 1. The van der Waals surface area contributed by atoms with Crippen LogP contribution in [0.3, 0.4) is 0 Å². The van der Waals surface area contributed by atoms with E-state index in [1.807, 2.05) is 12.3 Å². The summed E-state index contributed by atoms with van der Waals surface area (Å²) < 4.78 is 0. The van der Waals surface area contributed by atoms with Crippen LogP contribution in [-0.2, 0) is 0 Å². The maximum Gasteiger partial charge on any atom is 0.160 e. The SMILES string of the molecule is C1=CC2=c3ccccc3=CC(c3cc(C4=CCC(c5ccccn5)NC4)cc(-c4nc(C5=C6CCC=CC6CC=C5)cc(-c5cccc6ccccc56)n4)c3)C2C=C1. The summed E-state index contributed by atoms with van der Waals surface area (Å²) in [5.41, 5.74) is 13.1. The Morgan fingerprint density at radius 3 is 2.50 bits per heavy atom. The number of pyridine rings is 1. The van der Waals surface area contributed by atoms with Crippen LogP contribution in [0.25, 0.3) is 56.2 Å². The highest BCUT2D eigenvalue weighted by Crippen LogP contribution is 2.42. The van der Waals surface area contributed by atoms with Gasteiger partial charge in [-0.05, 0) is 105 Å². The van der Waals surface area contributed by atoms with Gasteiger partial charge in [-0.15, -0.1) is 0 Å². The number of fused-ring (bicyclic) bond motifs is 4. The first-order chi connectivity index (χ1) is 28.7. The van der Waals surface area contributed by atoms with Gasteiger partial charge in [-0.3, -0.25) is 4.98 Å². The maximum atomic E-state index is 5.54. The van der Waals surface area contributed by atoms with Crippen molar-refractivity contribution in [3.63, 3.8) is 0 Å². The fourth-order valence-electron chi connectivity index (χ4n) is 9.83. The van der Waals surface area contributed by atoms with E-state index < -0.39 is 0 Å². The van der Waals surface area contributed by atoms with Gasteiger partial charge in [0, 0.05) is 41.6 Å². The molecule has 0 bridgehead atoms. The van der Waals surface area contributed by atoms with Gasteiger partial charge in [0.25, 0.3) is 0 Å². The van der Waals surface area contributed by atoms with Crippen molar-refractivity contribution in [2.24, 2.45) is 11.8 Å². The van der Waals surface area contributed by atoms with Crippen molar-refractivity contribution < 1.29 is 0 Å². The van der Waals surface area contributed by atoms with Crippen molar-refractivity contribution in [3.8, 4) is 22.6 Å². The van der Waals surface area contributed by atoms with Gasteiger partial charge in [-0.2, -0.15) is 0 Å². The van der Waals surface area contributed by atoms with Crippen LogP contribution in [0.15, 0.2) is 176 Å². The summed E-state index contributed by atoms with van der Waals surface area (Å²) in [4.78, 5) is 15.7. The van der Waals surface area contributed by atoms with Crippen LogP contribution >= 0.6 is 0 Å². The molecule has 0 amide bonds. The Morgan fingerprint density at radius 2 is 1.57 bits per heavy atom. The molecular weight excluding hydrogens is 705 g/mol. The van der Waals surface area contributed by atoms with Crippen molar-refractivity contribution in [3.05, 3.63) is 209 Å². The molecule has 2 aromatic heterocycles. The van der Waals surface area contributed by atoms with Crippen LogP contribution in [0, 0.1) is 11.8 Å². The summed E-state index contributed by atoms with van der Waals surface area (Å²) in [7, 11) is 0. The lowest BCUT2D eigenvalue weighted by Gasteiger charge is -2.30. The first-order valence-electron chi connectivity index (χ1n) is 20.8. The molecule has 3 heterocycles. The molecule has 4 unspecified atom stereocenters. The van der Waals surface area contributed by atoms with Gasteiger partial charge in [-0.1, -0.05) is 145 Å². The van der Waals surface area contributed by atoms with Gasteiger partial charge in [0.15, 0.2) is 5.82 Å². The Hall–Kier alpha value is -6.49. The first-order valence-corrected chi connectivity index (χ1v) is 20.8. The lowest BCUT2D eigenvalue weighted by Crippen LogP contribution is -2.35. The summed E-state index contributed by atoms with van der Waals surface area (Å²) in [6.07, 6.45) is 29.3. The molecule has 0 saturated carbocycles. The summed E-state index contributed by atoms with van der Waals surface area (Å²) in [6, 6.07) is 39.8. The Labute approximate surface area is 339 Å². The summed E-state index contributed by atoms with van der Waals surface area (Å²) in [6.45, 7) is 0.753. The van der Waals surface area contributed by atoms with E-state index in [4.69, 9.17) is 9.97 Å². The number of hydrogen-bond acceptors (Lipinski definition) is 4. The van der Waals surface area contributed by atoms with E-state index in [0.717, 1.165) is 66.3 Å². The first kappa shape index (κ1) is 34.7. The van der Waals surface area contributed by atoms with Gasteiger partial charge in [0.05, 0.1) is 23.1 Å². The lowest BCUT2D eigenvalue weighted by molar-refractivity contribution is 0.548. The maximum absolute atomic E-state index is 5.54. The summed E-state index contributed by atoms with van der Waals surface area (Å²) in [5.74, 6) is 1.55. The molecule has 0 saturated heterocycles. The molecule has 1 N–H and O–H groups in total. The summed E-state index contributed by atoms with van der Waals surface area (Å²) >= 11 is 0. The molecule has 1 aliphatic heterocycles. The Balaban J connectivity index is 1.11. The van der Waals surface area contributed by atoms with Gasteiger partial charge in [-0.25, -0.2) is 9.97 Å². The second kappa shape index (κ2) is 14.8. The second-order valence-electron chi connectivity index (χ2n) is 16.1. The van der Waals surface area contributed by atoms with Crippen LogP contribution in [-0.4, -0.2) is 21.5 Å². The predicted octanol–water partition coefficient (Wildman–Crippen LogP) is 10.6. The van der Waals surface area contributed by atoms with Crippen LogP contribution in [0.1, 0.15) is 60.2 Å². The molecule has 58 heavy (non-hydrogen) atoms. The fourth-order valence-corrected chi connectivity index (χ4v) is 9.83. The number of allylic oxidation sites excluding steroid dienone is 10. The van der Waals surface area contributed by atoms with E-state index in [-0.39, 0.29) is 17.9 Å². The third kappa shape index (κ3) is 6.34. The van der Waals surface area contributed by atoms with Crippen LogP contribution in [0.5, 0.6) is 0 Å². The molecular formula is C54H44N4.